The van der Waals surface area contributed by atoms with Gasteiger partial charge in [0.1, 0.15) is 0 Å². The van der Waals surface area contributed by atoms with E-state index < -0.39 is 0 Å². The van der Waals surface area contributed by atoms with Crippen molar-refractivity contribution in [2.75, 3.05) is 0 Å². The molecule has 0 heterocycles. The van der Waals surface area contributed by atoms with Crippen LogP contribution in [0.15, 0.2) is 0 Å². The molecule has 18 heavy (non-hydrogen) atoms. The normalized spacial score (nSPS) is 30.3. The van der Waals surface area contributed by atoms with Crippen molar-refractivity contribution in [2.24, 2.45) is 23.6 Å². The molecule has 0 aromatic heterocycles. The van der Waals surface area contributed by atoms with Gasteiger partial charge < -0.3 is 0 Å². The molecule has 3 N–H and O–H groups in total. The highest BCUT2D eigenvalue weighted by molar-refractivity contribution is 4.83. The number of hydrogen-bond donors (Lipinski definition) is 2. The first-order valence-electron chi connectivity index (χ1n) is 8.29. The minimum atomic E-state index is 0.595. The zero-order valence-corrected chi connectivity index (χ0v) is 12.2. The van der Waals surface area contributed by atoms with Crippen molar-refractivity contribution >= 4 is 0 Å². The van der Waals surface area contributed by atoms with E-state index in [1.54, 1.807) is 0 Å². The summed E-state index contributed by atoms with van der Waals surface area (Å²) in [5.41, 5.74) is 3.11. The number of nitrogens with one attached hydrogen (secondary N) is 1. The zero-order chi connectivity index (χ0) is 12.8. The summed E-state index contributed by atoms with van der Waals surface area (Å²) in [6.45, 7) is 2.30. The Morgan fingerprint density at radius 3 is 2.17 bits per heavy atom. The Morgan fingerprint density at radius 1 is 1.00 bits per heavy atom. The fourth-order valence-corrected chi connectivity index (χ4v) is 3.65. The van der Waals surface area contributed by atoms with E-state index in [-0.39, 0.29) is 0 Å². The summed E-state index contributed by atoms with van der Waals surface area (Å²) in [6.07, 6.45) is 15.6. The van der Waals surface area contributed by atoms with Gasteiger partial charge >= 0.3 is 0 Å². The van der Waals surface area contributed by atoms with Crippen LogP contribution in [0.4, 0.5) is 0 Å². The van der Waals surface area contributed by atoms with Gasteiger partial charge in [0.05, 0.1) is 0 Å². The summed E-state index contributed by atoms with van der Waals surface area (Å²) in [6, 6.07) is 0.595. The Hall–Kier alpha value is -0.0800. The first-order chi connectivity index (χ1) is 8.83. The van der Waals surface area contributed by atoms with Crippen molar-refractivity contribution in [1.29, 1.82) is 0 Å². The maximum Gasteiger partial charge on any atom is 0.0238 e. The van der Waals surface area contributed by atoms with Crippen LogP contribution in [-0.4, -0.2) is 6.04 Å². The van der Waals surface area contributed by atoms with Crippen LogP contribution in [-0.2, 0) is 0 Å². The zero-order valence-electron chi connectivity index (χ0n) is 12.2. The second kappa shape index (κ2) is 7.49. The largest absolute Gasteiger partial charge is 0.271 e. The molecule has 1 atom stereocenters. The lowest BCUT2D eigenvalue weighted by atomic mass is 9.76. The molecule has 2 rings (SSSR count). The Balaban J connectivity index is 1.65. The summed E-state index contributed by atoms with van der Waals surface area (Å²) >= 11 is 0. The summed E-state index contributed by atoms with van der Waals surface area (Å²) in [7, 11) is 0. The minimum Gasteiger partial charge on any atom is -0.271 e. The van der Waals surface area contributed by atoms with Crippen molar-refractivity contribution in [1.82, 2.24) is 5.43 Å². The summed E-state index contributed by atoms with van der Waals surface area (Å²) in [5, 5.41) is 0. The third kappa shape index (κ3) is 4.55. The van der Waals surface area contributed by atoms with Crippen molar-refractivity contribution in [3.05, 3.63) is 0 Å². The predicted octanol–water partition coefficient (Wildman–Crippen LogP) is 4.01. The molecular weight excluding hydrogens is 220 g/mol. The van der Waals surface area contributed by atoms with Gasteiger partial charge in [0.2, 0.25) is 0 Å². The summed E-state index contributed by atoms with van der Waals surface area (Å²) in [4.78, 5) is 0. The molecular formula is C16H32N2. The van der Waals surface area contributed by atoms with Crippen molar-refractivity contribution < 1.29 is 0 Å². The number of hydrogen-bond acceptors (Lipinski definition) is 2. The van der Waals surface area contributed by atoms with Crippen LogP contribution in [0.1, 0.15) is 77.6 Å². The Labute approximate surface area is 113 Å². The van der Waals surface area contributed by atoms with E-state index >= 15 is 0 Å². The lowest BCUT2D eigenvalue weighted by Crippen LogP contribution is -2.42. The van der Waals surface area contributed by atoms with Gasteiger partial charge in [0.15, 0.2) is 0 Å². The molecule has 0 saturated heterocycles. The summed E-state index contributed by atoms with van der Waals surface area (Å²) in [5.74, 6) is 8.69. The average Bonchev–Trinajstić information content (AvgIpc) is 3.22. The number of hydrazine groups is 1. The van der Waals surface area contributed by atoms with Gasteiger partial charge in [-0.25, -0.2) is 0 Å². The maximum atomic E-state index is 5.78. The quantitative estimate of drug-likeness (QED) is 0.506. The Kier molecular flexibility index (Phi) is 5.97. The van der Waals surface area contributed by atoms with Crippen LogP contribution in [0, 0.1) is 17.8 Å². The SMILES string of the molecule is CCCCC1CCC(C(CCC2CC2)NN)CC1. The molecule has 1 unspecified atom stereocenters. The number of nitrogens with two attached hydrogens (primary N) is 1. The molecule has 2 nitrogen and oxygen atoms in total. The van der Waals surface area contributed by atoms with Gasteiger partial charge in [-0.15, -0.1) is 0 Å². The molecule has 2 aliphatic carbocycles. The van der Waals surface area contributed by atoms with Gasteiger partial charge in [-0.05, 0) is 43.4 Å². The third-order valence-corrected chi connectivity index (χ3v) is 5.22. The molecule has 0 aromatic carbocycles. The topological polar surface area (TPSA) is 38.0 Å². The van der Waals surface area contributed by atoms with Gasteiger partial charge in [-0.2, -0.15) is 0 Å². The van der Waals surface area contributed by atoms with Gasteiger partial charge in [-0.3, -0.25) is 11.3 Å². The van der Waals surface area contributed by atoms with E-state index in [9.17, 15) is 0 Å². The fraction of sp³-hybridized carbons (Fsp3) is 1.00. The van der Waals surface area contributed by atoms with Crippen molar-refractivity contribution in [2.45, 2.75) is 83.6 Å². The predicted molar refractivity (Wildman–Crippen MR) is 78.0 cm³/mol. The van der Waals surface area contributed by atoms with E-state index in [2.05, 4.69) is 12.3 Å². The maximum absolute atomic E-state index is 5.78. The van der Waals surface area contributed by atoms with Gasteiger partial charge in [0, 0.05) is 6.04 Å². The lowest BCUT2D eigenvalue weighted by Gasteiger charge is -2.33. The molecule has 106 valence electrons. The number of unbranched alkanes of at least 4 members (excludes halogenated alkanes) is 1. The highest BCUT2D eigenvalue weighted by Gasteiger charge is 2.29. The lowest BCUT2D eigenvalue weighted by molar-refractivity contribution is 0.203. The van der Waals surface area contributed by atoms with Crippen molar-refractivity contribution in [3.8, 4) is 0 Å². The average molecular weight is 252 g/mol. The first kappa shape index (κ1) is 14.3. The smallest absolute Gasteiger partial charge is 0.0238 e. The molecule has 2 saturated carbocycles. The molecule has 2 heteroatoms. The second-order valence-electron chi connectivity index (χ2n) is 6.72. The summed E-state index contributed by atoms with van der Waals surface area (Å²) < 4.78 is 0. The van der Waals surface area contributed by atoms with E-state index in [0.29, 0.717) is 6.04 Å². The van der Waals surface area contributed by atoms with E-state index in [4.69, 9.17) is 5.84 Å². The molecule has 0 bridgehead atoms. The molecule has 0 amide bonds. The Bertz CT molecular complexity index is 217. The second-order valence-corrected chi connectivity index (χ2v) is 6.72. The van der Waals surface area contributed by atoms with Gasteiger partial charge in [0.25, 0.3) is 0 Å². The van der Waals surface area contributed by atoms with Crippen LogP contribution >= 0.6 is 0 Å². The molecule has 0 spiro atoms. The van der Waals surface area contributed by atoms with Crippen molar-refractivity contribution in [3.63, 3.8) is 0 Å². The molecule has 0 aromatic rings. The van der Waals surface area contributed by atoms with Gasteiger partial charge in [-0.1, -0.05) is 51.9 Å². The standard InChI is InChI=1S/C16H32N2/c1-2-3-4-13-7-10-15(11-8-13)16(18-17)12-9-14-5-6-14/h13-16,18H,2-12,17H2,1H3. The van der Waals surface area contributed by atoms with Crippen LogP contribution in [0.2, 0.25) is 0 Å². The van der Waals surface area contributed by atoms with Crippen LogP contribution in [0.5, 0.6) is 0 Å². The Morgan fingerprint density at radius 2 is 1.61 bits per heavy atom. The first-order valence-corrected chi connectivity index (χ1v) is 8.29. The van der Waals surface area contributed by atoms with Crippen LogP contribution in [0.3, 0.4) is 0 Å². The van der Waals surface area contributed by atoms with E-state index in [0.717, 1.165) is 17.8 Å². The monoisotopic (exact) mass is 252 g/mol. The minimum absolute atomic E-state index is 0.595. The fourth-order valence-electron chi connectivity index (χ4n) is 3.65. The molecule has 0 radical (unpaired) electrons. The van der Waals surface area contributed by atoms with Crippen LogP contribution in [0.25, 0.3) is 0 Å². The number of rotatable bonds is 8. The van der Waals surface area contributed by atoms with Crippen LogP contribution < -0.4 is 11.3 Å². The molecule has 2 aliphatic rings. The van der Waals surface area contributed by atoms with E-state index in [1.165, 1.54) is 70.6 Å². The highest BCUT2D eigenvalue weighted by Crippen LogP contribution is 2.37. The highest BCUT2D eigenvalue weighted by atomic mass is 15.2. The molecule has 0 aliphatic heterocycles. The molecule has 2 fully saturated rings. The van der Waals surface area contributed by atoms with E-state index in [1.807, 2.05) is 0 Å². The third-order valence-electron chi connectivity index (χ3n) is 5.22.